The highest BCUT2D eigenvalue weighted by molar-refractivity contribution is 6.05. The molecule has 8 nitrogen and oxygen atoms in total. The summed E-state index contributed by atoms with van der Waals surface area (Å²) in [5.41, 5.74) is 6.02. The third-order valence-corrected chi connectivity index (χ3v) is 7.94. The lowest BCUT2D eigenvalue weighted by Crippen LogP contribution is -2.15. The second-order valence-electron chi connectivity index (χ2n) is 14.0. The lowest BCUT2D eigenvalue weighted by Gasteiger charge is -2.19. The average molecular weight is 647 g/mol. The molecule has 0 aliphatic heterocycles. The Bertz CT molecular complexity index is 1580. The summed E-state index contributed by atoms with van der Waals surface area (Å²) < 4.78 is 0. The van der Waals surface area contributed by atoms with Gasteiger partial charge in [0.1, 0.15) is 0 Å². The smallest absolute Gasteiger partial charge is 0.255 e. The van der Waals surface area contributed by atoms with Crippen molar-refractivity contribution in [3.63, 3.8) is 0 Å². The van der Waals surface area contributed by atoms with E-state index in [1.165, 1.54) is 0 Å². The molecule has 4 rings (SSSR count). The molecule has 4 amide bonds. The highest BCUT2D eigenvalue weighted by Gasteiger charge is 2.16. The highest BCUT2D eigenvalue weighted by Crippen LogP contribution is 2.24. The summed E-state index contributed by atoms with van der Waals surface area (Å²) in [6, 6.07) is 29.1. The molecule has 0 unspecified atom stereocenters. The monoisotopic (exact) mass is 646 g/mol. The molecule has 0 bridgehead atoms. The fraction of sp³-hybridized carbons (Fsp3) is 0.300. The molecule has 0 aliphatic rings. The minimum absolute atomic E-state index is 0.0159. The second-order valence-corrected chi connectivity index (χ2v) is 14.0. The molecule has 48 heavy (non-hydrogen) atoms. The number of carbonyl (C=O) groups excluding carboxylic acids is 4. The number of amides is 4. The van der Waals surface area contributed by atoms with E-state index in [1.807, 2.05) is 48.5 Å². The molecule has 4 aromatic rings. The van der Waals surface area contributed by atoms with E-state index in [1.54, 1.807) is 48.5 Å². The van der Waals surface area contributed by atoms with Crippen LogP contribution in [0.5, 0.6) is 0 Å². The van der Waals surface area contributed by atoms with E-state index in [0.717, 1.165) is 11.1 Å². The van der Waals surface area contributed by atoms with Gasteiger partial charge < -0.3 is 21.3 Å². The fourth-order valence-electron chi connectivity index (χ4n) is 4.94. The molecule has 0 fully saturated rings. The van der Waals surface area contributed by atoms with Crippen LogP contribution in [0.4, 0.5) is 22.7 Å². The highest BCUT2D eigenvalue weighted by atomic mass is 16.2. The van der Waals surface area contributed by atoms with Crippen LogP contribution in [0.3, 0.4) is 0 Å². The average Bonchev–Trinajstić information content (AvgIpc) is 3.04. The van der Waals surface area contributed by atoms with Crippen molar-refractivity contribution in [1.29, 1.82) is 0 Å². The molecular weight excluding hydrogens is 600 g/mol. The Labute approximate surface area is 283 Å². The lowest BCUT2D eigenvalue weighted by molar-refractivity contribution is -0.118. The van der Waals surface area contributed by atoms with E-state index < -0.39 is 0 Å². The van der Waals surface area contributed by atoms with Gasteiger partial charge in [0.15, 0.2) is 0 Å². The first-order valence-electron chi connectivity index (χ1n) is 16.3. The molecule has 0 saturated carbocycles. The van der Waals surface area contributed by atoms with Crippen LogP contribution in [0, 0.1) is 0 Å². The quantitative estimate of drug-likeness (QED) is 0.122. The van der Waals surface area contributed by atoms with E-state index in [2.05, 4.69) is 62.8 Å². The van der Waals surface area contributed by atoms with Crippen molar-refractivity contribution in [2.45, 2.75) is 78.1 Å². The Hall–Kier alpha value is -5.24. The van der Waals surface area contributed by atoms with E-state index in [9.17, 15) is 19.2 Å². The van der Waals surface area contributed by atoms with Crippen molar-refractivity contribution in [2.75, 3.05) is 21.3 Å². The Balaban J connectivity index is 1.13. The van der Waals surface area contributed by atoms with Crippen LogP contribution in [0.1, 0.15) is 99.1 Å². The fourth-order valence-corrected chi connectivity index (χ4v) is 4.94. The third-order valence-electron chi connectivity index (χ3n) is 7.94. The van der Waals surface area contributed by atoms with Crippen molar-refractivity contribution in [3.8, 4) is 0 Å². The minimum Gasteiger partial charge on any atom is -0.326 e. The lowest BCUT2D eigenvalue weighted by atomic mass is 9.86. The molecular formula is C40H46N4O4. The zero-order valence-corrected chi connectivity index (χ0v) is 28.7. The number of rotatable bonds is 11. The maximum Gasteiger partial charge on any atom is 0.255 e. The van der Waals surface area contributed by atoms with Crippen molar-refractivity contribution < 1.29 is 19.2 Å². The van der Waals surface area contributed by atoms with Gasteiger partial charge in [-0.05, 0) is 108 Å². The number of carbonyl (C=O) groups is 4. The topological polar surface area (TPSA) is 116 Å². The van der Waals surface area contributed by atoms with Crippen LogP contribution in [0.15, 0.2) is 97.1 Å². The van der Waals surface area contributed by atoms with E-state index in [-0.39, 0.29) is 47.3 Å². The number of hydrogen-bond acceptors (Lipinski definition) is 4. The summed E-state index contributed by atoms with van der Waals surface area (Å²) in [7, 11) is 0. The molecule has 0 saturated heterocycles. The molecule has 8 heteroatoms. The second kappa shape index (κ2) is 15.6. The van der Waals surface area contributed by atoms with Gasteiger partial charge in [0.05, 0.1) is 0 Å². The zero-order chi connectivity index (χ0) is 34.9. The van der Waals surface area contributed by atoms with Crippen molar-refractivity contribution in [1.82, 2.24) is 0 Å². The Kier molecular flexibility index (Phi) is 11.5. The van der Waals surface area contributed by atoms with Crippen LogP contribution in [0.2, 0.25) is 0 Å². The largest absolute Gasteiger partial charge is 0.326 e. The molecule has 0 radical (unpaired) electrons. The van der Waals surface area contributed by atoms with Gasteiger partial charge in [-0.3, -0.25) is 19.2 Å². The SMILES string of the molecule is CC(C)(C)c1ccc(C(=O)Nc2ccc(NC(=O)CCCCC(=O)Nc3ccc(NC(=O)c4ccc(C(C)(C)C)cc4)cc3)cc2)cc1. The van der Waals surface area contributed by atoms with Crippen LogP contribution >= 0.6 is 0 Å². The number of benzene rings is 4. The van der Waals surface area contributed by atoms with Crippen molar-refractivity contribution in [3.05, 3.63) is 119 Å². The van der Waals surface area contributed by atoms with E-state index in [4.69, 9.17) is 0 Å². The summed E-state index contributed by atoms with van der Waals surface area (Å²) in [5, 5.41) is 11.5. The molecule has 0 atom stereocenters. The Morgan fingerprint density at radius 1 is 0.417 bits per heavy atom. The van der Waals surface area contributed by atoms with E-state index >= 15 is 0 Å². The first-order valence-corrected chi connectivity index (χ1v) is 16.3. The Morgan fingerprint density at radius 3 is 0.958 bits per heavy atom. The van der Waals surface area contributed by atoms with Gasteiger partial charge in [-0.2, -0.15) is 0 Å². The van der Waals surface area contributed by atoms with Gasteiger partial charge >= 0.3 is 0 Å². The van der Waals surface area contributed by atoms with Crippen molar-refractivity contribution >= 4 is 46.4 Å². The van der Waals surface area contributed by atoms with Crippen LogP contribution in [0.25, 0.3) is 0 Å². The summed E-state index contributed by atoms with van der Waals surface area (Å²) in [5.74, 6) is -0.687. The molecule has 0 heterocycles. The van der Waals surface area contributed by atoms with Gasteiger partial charge in [-0.25, -0.2) is 0 Å². The van der Waals surface area contributed by atoms with Gasteiger partial charge in [-0.1, -0.05) is 65.8 Å². The molecule has 0 spiro atoms. The third kappa shape index (κ3) is 10.7. The molecule has 4 N–H and O–H groups in total. The summed E-state index contributed by atoms with van der Waals surface area (Å²) in [6.45, 7) is 12.8. The van der Waals surface area contributed by atoms with Crippen LogP contribution in [-0.4, -0.2) is 23.6 Å². The Morgan fingerprint density at radius 2 is 0.688 bits per heavy atom. The first-order chi connectivity index (χ1) is 22.7. The van der Waals surface area contributed by atoms with Crippen LogP contribution < -0.4 is 21.3 Å². The molecule has 250 valence electrons. The summed E-state index contributed by atoms with van der Waals surface area (Å²) >= 11 is 0. The maximum atomic E-state index is 12.6. The number of anilines is 4. The normalized spacial score (nSPS) is 11.4. The first kappa shape index (κ1) is 35.6. The zero-order valence-electron chi connectivity index (χ0n) is 28.7. The van der Waals surface area contributed by atoms with Gasteiger partial charge in [0.2, 0.25) is 11.8 Å². The van der Waals surface area contributed by atoms with Gasteiger partial charge in [0.25, 0.3) is 11.8 Å². The number of unbranched alkanes of at least 4 members (excludes halogenated alkanes) is 1. The standard InChI is InChI=1S/C40H46N4O4/c1-39(2,3)29-15-11-27(12-16-29)37(47)43-33-23-19-31(20-24-33)41-35(45)9-7-8-10-36(46)42-32-21-25-34(26-22-32)44-38(48)28-13-17-30(18-14-28)40(4,5)6/h11-26H,7-10H2,1-6H3,(H,41,45)(H,42,46)(H,43,47)(H,44,48). The maximum absolute atomic E-state index is 12.6. The summed E-state index contributed by atoms with van der Waals surface area (Å²) in [6.07, 6.45) is 1.68. The van der Waals surface area contributed by atoms with E-state index in [0.29, 0.717) is 46.7 Å². The number of hydrogen-bond donors (Lipinski definition) is 4. The predicted molar refractivity (Wildman–Crippen MR) is 195 cm³/mol. The molecule has 4 aromatic carbocycles. The van der Waals surface area contributed by atoms with Gasteiger partial charge in [-0.15, -0.1) is 0 Å². The number of nitrogens with one attached hydrogen (secondary N) is 4. The van der Waals surface area contributed by atoms with Crippen LogP contribution in [-0.2, 0) is 20.4 Å². The molecule has 0 aliphatic carbocycles. The summed E-state index contributed by atoms with van der Waals surface area (Å²) in [4.78, 5) is 50.1. The van der Waals surface area contributed by atoms with Crippen molar-refractivity contribution in [2.24, 2.45) is 0 Å². The van der Waals surface area contributed by atoms with Gasteiger partial charge in [0, 0.05) is 46.7 Å². The predicted octanol–water partition coefficient (Wildman–Crippen LogP) is 8.92. The minimum atomic E-state index is -0.199. The molecule has 0 aromatic heterocycles.